The molecule has 0 aliphatic rings. The highest BCUT2D eigenvalue weighted by atomic mass is 79.9. The van der Waals surface area contributed by atoms with Crippen LogP contribution in [0.3, 0.4) is 0 Å². The molecule has 18 heavy (non-hydrogen) atoms. The minimum atomic E-state index is -3.65. The van der Waals surface area contributed by atoms with Crippen molar-refractivity contribution >= 4 is 48.8 Å². The van der Waals surface area contributed by atoms with Gasteiger partial charge in [0.25, 0.3) is 10.0 Å². The van der Waals surface area contributed by atoms with Crippen LogP contribution in [0.2, 0.25) is 0 Å². The summed E-state index contributed by atoms with van der Waals surface area (Å²) in [7, 11) is -2.02. The molecule has 0 saturated heterocycles. The summed E-state index contributed by atoms with van der Waals surface area (Å²) in [5.41, 5.74) is 6.69. The molecule has 2 aromatic rings. The van der Waals surface area contributed by atoms with Gasteiger partial charge in [-0.25, -0.2) is 13.1 Å². The number of thiophene rings is 1. The summed E-state index contributed by atoms with van der Waals surface area (Å²) in [4.78, 5) is 0. The third kappa shape index (κ3) is 2.25. The van der Waals surface area contributed by atoms with E-state index in [9.17, 15) is 8.42 Å². The molecule has 0 amide bonds. The predicted octanol–water partition coefficient (Wildman–Crippen LogP) is 1.94. The Balaban J connectivity index is 2.43. The highest BCUT2D eigenvalue weighted by Crippen LogP contribution is 2.31. The van der Waals surface area contributed by atoms with Gasteiger partial charge in [-0.2, -0.15) is 5.10 Å². The molecule has 0 aliphatic heterocycles. The van der Waals surface area contributed by atoms with Crippen molar-refractivity contribution in [3.8, 4) is 0 Å². The first kappa shape index (κ1) is 13.4. The summed E-state index contributed by atoms with van der Waals surface area (Å²) in [6, 6.07) is 1.68. The van der Waals surface area contributed by atoms with Crippen molar-refractivity contribution in [2.45, 2.75) is 11.1 Å². The van der Waals surface area contributed by atoms with Gasteiger partial charge in [-0.05, 0) is 34.3 Å². The summed E-state index contributed by atoms with van der Waals surface area (Å²) >= 11 is 4.32. The van der Waals surface area contributed by atoms with Crippen LogP contribution >= 0.6 is 27.3 Å². The van der Waals surface area contributed by atoms with E-state index in [0.29, 0.717) is 15.9 Å². The van der Waals surface area contributed by atoms with Gasteiger partial charge < -0.3 is 5.73 Å². The number of sulfonamides is 1. The van der Waals surface area contributed by atoms with E-state index in [1.54, 1.807) is 25.4 Å². The number of nitrogens with one attached hydrogen (secondary N) is 1. The zero-order chi connectivity index (χ0) is 13.5. The Bertz CT molecular complexity index is 689. The second kappa shape index (κ2) is 4.56. The van der Waals surface area contributed by atoms with Gasteiger partial charge in [0.2, 0.25) is 0 Å². The Morgan fingerprint density at radius 3 is 2.67 bits per heavy atom. The first-order chi connectivity index (χ1) is 8.33. The van der Waals surface area contributed by atoms with Crippen LogP contribution in [-0.2, 0) is 17.1 Å². The lowest BCUT2D eigenvalue weighted by Crippen LogP contribution is -2.15. The summed E-state index contributed by atoms with van der Waals surface area (Å²) < 4.78 is 28.9. The zero-order valence-corrected chi connectivity index (χ0v) is 12.9. The molecule has 0 bridgehead atoms. The lowest BCUT2D eigenvalue weighted by Gasteiger charge is -2.07. The van der Waals surface area contributed by atoms with E-state index in [4.69, 9.17) is 5.73 Å². The van der Waals surface area contributed by atoms with Crippen molar-refractivity contribution < 1.29 is 8.42 Å². The highest BCUT2D eigenvalue weighted by Gasteiger charge is 2.22. The van der Waals surface area contributed by atoms with E-state index < -0.39 is 10.0 Å². The Morgan fingerprint density at radius 2 is 2.22 bits per heavy atom. The maximum Gasteiger partial charge on any atom is 0.273 e. The van der Waals surface area contributed by atoms with Gasteiger partial charge >= 0.3 is 0 Å². The fourth-order valence-corrected chi connectivity index (χ4v) is 4.89. The van der Waals surface area contributed by atoms with Crippen LogP contribution in [-0.4, -0.2) is 18.2 Å². The molecule has 3 N–H and O–H groups in total. The van der Waals surface area contributed by atoms with Crippen LogP contribution < -0.4 is 10.5 Å². The number of hydrogen-bond donors (Lipinski definition) is 2. The van der Waals surface area contributed by atoms with Crippen LogP contribution in [0.15, 0.2) is 20.1 Å². The standard InChI is InChI=1S/C9H11BrN4O2S2/c1-5-7(11)8(14(2)12-5)13-18(15,16)9-6(10)3-4-17-9/h3-4,13H,11H2,1-2H3. The lowest BCUT2D eigenvalue weighted by molar-refractivity contribution is 0.602. The fraction of sp³-hybridized carbons (Fsp3) is 0.222. The van der Waals surface area contributed by atoms with Crippen LogP contribution in [0.4, 0.5) is 11.5 Å². The molecule has 6 nitrogen and oxygen atoms in total. The molecular weight excluding hydrogens is 340 g/mol. The van der Waals surface area contributed by atoms with Crippen LogP contribution in [0.1, 0.15) is 5.69 Å². The monoisotopic (exact) mass is 350 g/mol. The number of aryl methyl sites for hydroxylation is 2. The molecule has 0 fully saturated rings. The minimum absolute atomic E-state index is 0.209. The number of nitrogens with two attached hydrogens (primary N) is 1. The second-order valence-electron chi connectivity index (χ2n) is 3.63. The van der Waals surface area contributed by atoms with Crippen molar-refractivity contribution in [3.05, 3.63) is 21.6 Å². The van der Waals surface area contributed by atoms with Crippen molar-refractivity contribution in [3.63, 3.8) is 0 Å². The number of aromatic nitrogens is 2. The SMILES string of the molecule is Cc1nn(C)c(NS(=O)(=O)c2sccc2Br)c1N. The molecule has 0 saturated carbocycles. The van der Waals surface area contributed by atoms with Gasteiger partial charge in [0.05, 0.1) is 11.4 Å². The molecule has 2 rings (SSSR count). The molecule has 0 unspecified atom stereocenters. The molecule has 2 heterocycles. The third-order valence-corrected chi connectivity index (χ3v) is 6.34. The van der Waals surface area contributed by atoms with Crippen molar-refractivity contribution in [2.24, 2.45) is 7.05 Å². The number of anilines is 2. The highest BCUT2D eigenvalue weighted by molar-refractivity contribution is 9.10. The van der Waals surface area contributed by atoms with E-state index in [2.05, 4.69) is 25.8 Å². The van der Waals surface area contributed by atoms with Gasteiger partial charge in [-0.3, -0.25) is 4.72 Å². The zero-order valence-electron chi connectivity index (χ0n) is 9.64. The Morgan fingerprint density at radius 1 is 1.56 bits per heavy atom. The van der Waals surface area contributed by atoms with Gasteiger partial charge in [-0.15, -0.1) is 11.3 Å². The van der Waals surface area contributed by atoms with Crippen LogP contribution in [0.25, 0.3) is 0 Å². The van der Waals surface area contributed by atoms with Gasteiger partial charge in [0.1, 0.15) is 0 Å². The van der Waals surface area contributed by atoms with Gasteiger partial charge in [0.15, 0.2) is 10.0 Å². The number of nitrogen functional groups attached to an aromatic ring is 1. The first-order valence-electron chi connectivity index (χ1n) is 4.88. The van der Waals surface area contributed by atoms with E-state index in [1.807, 2.05) is 0 Å². The molecule has 0 spiro atoms. The molecular formula is C9H11BrN4O2S2. The third-order valence-electron chi connectivity index (χ3n) is 2.33. The molecule has 0 atom stereocenters. The predicted molar refractivity (Wildman–Crippen MR) is 75.2 cm³/mol. The number of hydrogen-bond acceptors (Lipinski definition) is 5. The van der Waals surface area contributed by atoms with Crippen LogP contribution in [0.5, 0.6) is 0 Å². The number of rotatable bonds is 3. The topological polar surface area (TPSA) is 90.0 Å². The summed E-state index contributed by atoms with van der Waals surface area (Å²) in [5.74, 6) is 0.271. The van der Waals surface area contributed by atoms with E-state index in [-0.39, 0.29) is 10.0 Å². The Labute approximate surface area is 117 Å². The van der Waals surface area contributed by atoms with E-state index in [0.717, 1.165) is 11.3 Å². The van der Waals surface area contributed by atoms with Gasteiger partial charge in [-0.1, -0.05) is 0 Å². The number of nitrogens with zero attached hydrogens (tertiary/aromatic N) is 2. The lowest BCUT2D eigenvalue weighted by atomic mass is 10.4. The van der Waals surface area contributed by atoms with Crippen LogP contribution in [0, 0.1) is 6.92 Å². The average Bonchev–Trinajstić information content (AvgIpc) is 2.79. The smallest absolute Gasteiger partial charge is 0.273 e. The Hall–Kier alpha value is -1.06. The Kier molecular flexibility index (Phi) is 3.39. The summed E-state index contributed by atoms with van der Waals surface area (Å²) in [6.07, 6.45) is 0. The fourth-order valence-electron chi connectivity index (χ4n) is 1.44. The quantitative estimate of drug-likeness (QED) is 0.884. The summed E-state index contributed by atoms with van der Waals surface area (Å²) in [5, 5.41) is 5.75. The van der Waals surface area contributed by atoms with Crippen molar-refractivity contribution in [1.29, 1.82) is 0 Å². The largest absolute Gasteiger partial charge is 0.394 e. The molecule has 0 radical (unpaired) electrons. The van der Waals surface area contributed by atoms with Gasteiger partial charge in [0, 0.05) is 11.5 Å². The summed E-state index contributed by atoms with van der Waals surface area (Å²) in [6.45, 7) is 1.72. The van der Waals surface area contributed by atoms with E-state index >= 15 is 0 Å². The van der Waals surface area contributed by atoms with Crippen molar-refractivity contribution in [1.82, 2.24) is 9.78 Å². The number of halogens is 1. The molecule has 2 aromatic heterocycles. The van der Waals surface area contributed by atoms with Crippen molar-refractivity contribution in [2.75, 3.05) is 10.5 Å². The van der Waals surface area contributed by atoms with E-state index in [1.165, 1.54) is 4.68 Å². The maximum absolute atomic E-state index is 12.2. The molecule has 0 aromatic carbocycles. The minimum Gasteiger partial charge on any atom is -0.394 e. The molecule has 9 heteroatoms. The average molecular weight is 351 g/mol. The normalized spacial score (nSPS) is 11.7. The molecule has 98 valence electrons. The second-order valence-corrected chi connectivity index (χ2v) is 7.28. The maximum atomic E-state index is 12.2. The molecule has 0 aliphatic carbocycles. The first-order valence-corrected chi connectivity index (χ1v) is 8.03.